The van der Waals surface area contributed by atoms with Gasteiger partial charge in [-0.25, -0.2) is 4.79 Å². The number of imide groups is 1. The minimum absolute atomic E-state index is 0.153. The monoisotopic (exact) mass is 317 g/mol. The van der Waals surface area contributed by atoms with Crippen LogP contribution < -0.4 is 11.1 Å². The molecule has 2 aliphatic rings. The molecule has 3 heterocycles. The number of fused-ring (bicyclic) bond motifs is 1. The van der Waals surface area contributed by atoms with Crippen LogP contribution in [0.1, 0.15) is 18.4 Å². The van der Waals surface area contributed by atoms with E-state index in [4.69, 9.17) is 5.73 Å². The van der Waals surface area contributed by atoms with E-state index >= 15 is 0 Å². The standard InChI is InChI=1S/C15H19N5O3/c16-12(21)9-19-11-2-1-5-18-13(11)14(22)20(15(19)23)8-10-3-6-17-7-4-10/h3-4,6-7,11,13,18H,1-2,5,8-9H2,(H2,16,21). The van der Waals surface area contributed by atoms with Crippen molar-refractivity contribution in [2.45, 2.75) is 31.5 Å². The SMILES string of the molecule is NC(=O)CN1C(=O)N(Cc2ccncc2)C(=O)C2NCCCC21. The van der Waals surface area contributed by atoms with Crippen LogP contribution in [0.4, 0.5) is 4.79 Å². The average molecular weight is 317 g/mol. The lowest BCUT2D eigenvalue weighted by molar-refractivity contribution is -0.138. The molecule has 1 aromatic heterocycles. The Morgan fingerprint density at radius 3 is 2.78 bits per heavy atom. The lowest BCUT2D eigenvalue weighted by Gasteiger charge is -2.46. The Morgan fingerprint density at radius 2 is 2.09 bits per heavy atom. The molecule has 8 nitrogen and oxygen atoms in total. The van der Waals surface area contributed by atoms with E-state index in [9.17, 15) is 14.4 Å². The Balaban J connectivity index is 1.87. The van der Waals surface area contributed by atoms with Gasteiger partial charge in [-0.2, -0.15) is 0 Å². The van der Waals surface area contributed by atoms with Crippen LogP contribution >= 0.6 is 0 Å². The van der Waals surface area contributed by atoms with Crippen molar-refractivity contribution in [2.24, 2.45) is 5.73 Å². The number of urea groups is 1. The summed E-state index contributed by atoms with van der Waals surface area (Å²) in [6.45, 7) is 0.691. The van der Waals surface area contributed by atoms with Gasteiger partial charge in [0, 0.05) is 12.4 Å². The summed E-state index contributed by atoms with van der Waals surface area (Å²) in [5, 5.41) is 3.16. The number of hydrogen-bond acceptors (Lipinski definition) is 5. The van der Waals surface area contributed by atoms with E-state index in [1.807, 2.05) is 0 Å². The second-order valence-electron chi connectivity index (χ2n) is 5.80. The molecule has 2 aliphatic heterocycles. The minimum Gasteiger partial charge on any atom is -0.368 e. The molecule has 23 heavy (non-hydrogen) atoms. The van der Waals surface area contributed by atoms with Crippen molar-refractivity contribution in [1.29, 1.82) is 0 Å². The number of nitrogens with one attached hydrogen (secondary N) is 1. The number of hydrogen-bond donors (Lipinski definition) is 2. The van der Waals surface area contributed by atoms with E-state index in [0.29, 0.717) is 13.0 Å². The molecular weight excluding hydrogens is 298 g/mol. The Hall–Kier alpha value is -2.48. The Kier molecular flexibility index (Phi) is 4.24. The molecule has 1 aromatic rings. The highest BCUT2D eigenvalue weighted by Crippen LogP contribution is 2.25. The van der Waals surface area contributed by atoms with Gasteiger partial charge in [-0.1, -0.05) is 0 Å². The van der Waals surface area contributed by atoms with Crippen LogP contribution in [-0.4, -0.2) is 57.8 Å². The van der Waals surface area contributed by atoms with E-state index < -0.39 is 18.0 Å². The summed E-state index contributed by atoms with van der Waals surface area (Å²) in [6.07, 6.45) is 4.75. The fraction of sp³-hybridized carbons (Fsp3) is 0.467. The molecule has 8 heteroatoms. The highest BCUT2D eigenvalue weighted by Gasteiger charge is 2.47. The second-order valence-corrected chi connectivity index (χ2v) is 5.80. The van der Waals surface area contributed by atoms with Gasteiger partial charge >= 0.3 is 6.03 Å². The molecule has 122 valence electrons. The first-order valence-electron chi connectivity index (χ1n) is 7.60. The van der Waals surface area contributed by atoms with E-state index in [2.05, 4.69) is 10.3 Å². The van der Waals surface area contributed by atoms with Gasteiger partial charge in [0.05, 0.1) is 12.6 Å². The summed E-state index contributed by atoms with van der Waals surface area (Å²) in [6, 6.07) is 2.24. The molecule has 2 unspecified atom stereocenters. The van der Waals surface area contributed by atoms with E-state index in [1.54, 1.807) is 24.5 Å². The molecule has 3 rings (SSSR count). The van der Waals surface area contributed by atoms with Crippen molar-refractivity contribution in [3.05, 3.63) is 30.1 Å². The molecule has 0 aromatic carbocycles. The Labute approximate surface area is 133 Å². The molecule has 4 amide bonds. The van der Waals surface area contributed by atoms with E-state index in [-0.39, 0.29) is 25.0 Å². The van der Waals surface area contributed by atoms with Crippen LogP contribution in [-0.2, 0) is 16.1 Å². The number of amides is 4. The molecular formula is C15H19N5O3. The zero-order valence-corrected chi connectivity index (χ0v) is 12.6. The maximum atomic E-state index is 12.7. The maximum absolute atomic E-state index is 12.7. The smallest absolute Gasteiger partial charge is 0.327 e. The van der Waals surface area contributed by atoms with Gasteiger partial charge in [0.1, 0.15) is 12.6 Å². The lowest BCUT2D eigenvalue weighted by Crippen LogP contribution is -2.70. The third kappa shape index (κ3) is 3.02. The van der Waals surface area contributed by atoms with Crippen molar-refractivity contribution >= 4 is 17.8 Å². The van der Waals surface area contributed by atoms with Crippen molar-refractivity contribution in [1.82, 2.24) is 20.1 Å². The number of nitrogens with zero attached hydrogens (tertiary/aromatic N) is 3. The second kappa shape index (κ2) is 6.33. The molecule has 2 saturated heterocycles. The van der Waals surface area contributed by atoms with Gasteiger partial charge in [-0.3, -0.25) is 19.5 Å². The van der Waals surface area contributed by atoms with Crippen LogP contribution in [0.3, 0.4) is 0 Å². The highest BCUT2D eigenvalue weighted by atomic mass is 16.2. The topological polar surface area (TPSA) is 109 Å². The number of piperidine rings is 1. The number of primary amides is 1. The molecule has 0 aliphatic carbocycles. The maximum Gasteiger partial charge on any atom is 0.327 e. The van der Waals surface area contributed by atoms with Crippen molar-refractivity contribution in [3.8, 4) is 0 Å². The first kappa shape index (κ1) is 15.4. The van der Waals surface area contributed by atoms with Gasteiger partial charge < -0.3 is 16.0 Å². The largest absolute Gasteiger partial charge is 0.368 e. The number of nitrogens with two attached hydrogens (primary N) is 1. The molecule has 0 saturated carbocycles. The van der Waals surface area contributed by atoms with Gasteiger partial charge in [0.15, 0.2) is 0 Å². The third-order valence-electron chi connectivity index (χ3n) is 4.25. The van der Waals surface area contributed by atoms with Crippen molar-refractivity contribution in [3.63, 3.8) is 0 Å². The summed E-state index contributed by atoms with van der Waals surface area (Å²) in [5.41, 5.74) is 6.08. The third-order valence-corrected chi connectivity index (χ3v) is 4.25. The first-order valence-corrected chi connectivity index (χ1v) is 7.60. The molecule has 0 bridgehead atoms. The first-order chi connectivity index (χ1) is 11.1. The normalized spacial score (nSPS) is 24.5. The van der Waals surface area contributed by atoms with Crippen LogP contribution in [0.15, 0.2) is 24.5 Å². The number of rotatable bonds is 4. The quantitative estimate of drug-likeness (QED) is 0.774. The average Bonchev–Trinajstić information content (AvgIpc) is 2.56. The molecule has 3 N–H and O–H groups in total. The molecule has 2 fully saturated rings. The van der Waals surface area contributed by atoms with Crippen LogP contribution in [0.5, 0.6) is 0 Å². The summed E-state index contributed by atoms with van der Waals surface area (Å²) >= 11 is 0. The summed E-state index contributed by atoms with van der Waals surface area (Å²) in [7, 11) is 0. The molecule has 2 atom stereocenters. The van der Waals surface area contributed by atoms with Gasteiger partial charge in [-0.15, -0.1) is 0 Å². The van der Waals surface area contributed by atoms with Gasteiger partial charge in [0.2, 0.25) is 11.8 Å². The minimum atomic E-state index is -0.583. The predicted molar refractivity (Wildman–Crippen MR) is 80.9 cm³/mol. The van der Waals surface area contributed by atoms with E-state index in [1.165, 1.54) is 9.80 Å². The number of aromatic nitrogens is 1. The fourth-order valence-electron chi connectivity index (χ4n) is 3.19. The summed E-state index contributed by atoms with van der Waals surface area (Å²) < 4.78 is 0. The zero-order valence-electron chi connectivity index (χ0n) is 12.6. The molecule has 0 spiro atoms. The van der Waals surface area contributed by atoms with Crippen molar-refractivity contribution < 1.29 is 14.4 Å². The van der Waals surface area contributed by atoms with Crippen molar-refractivity contribution in [2.75, 3.05) is 13.1 Å². The number of pyridine rings is 1. The Bertz CT molecular complexity index is 621. The van der Waals surface area contributed by atoms with E-state index in [0.717, 1.165) is 12.0 Å². The number of carbonyl (C=O) groups is 3. The predicted octanol–water partition coefficient (Wildman–Crippen LogP) is -0.548. The molecule has 0 radical (unpaired) electrons. The van der Waals surface area contributed by atoms with Crippen LogP contribution in [0, 0.1) is 0 Å². The van der Waals surface area contributed by atoms with Crippen LogP contribution in [0.25, 0.3) is 0 Å². The number of carbonyl (C=O) groups excluding carboxylic acids is 3. The van der Waals surface area contributed by atoms with Gasteiger partial charge in [-0.05, 0) is 37.1 Å². The van der Waals surface area contributed by atoms with Gasteiger partial charge in [0.25, 0.3) is 0 Å². The fourth-order valence-corrected chi connectivity index (χ4v) is 3.19. The lowest BCUT2D eigenvalue weighted by atomic mass is 9.93. The highest BCUT2D eigenvalue weighted by molar-refractivity contribution is 6.01. The van der Waals surface area contributed by atoms with Crippen LogP contribution in [0.2, 0.25) is 0 Å². The summed E-state index contributed by atoms with van der Waals surface area (Å²) in [4.78, 5) is 43.3. The Morgan fingerprint density at radius 1 is 1.35 bits per heavy atom. The summed E-state index contributed by atoms with van der Waals surface area (Å²) in [5.74, 6) is -0.835. The zero-order chi connectivity index (χ0) is 16.4.